The Morgan fingerprint density at radius 1 is 0.592 bits per heavy atom. The molecule has 250 valence electrons. The molecule has 1 saturated heterocycles. The van der Waals surface area contributed by atoms with Crippen LogP contribution in [-0.2, 0) is 32.2 Å². The predicted octanol–water partition coefficient (Wildman–Crippen LogP) is 6.40. The Hall–Kier alpha value is -5.32. The van der Waals surface area contributed by atoms with Crippen LogP contribution in [0.2, 0.25) is 0 Å². The van der Waals surface area contributed by atoms with Crippen molar-refractivity contribution in [2.75, 3.05) is 6.61 Å². The zero-order chi connectivity index (χ0) is 33.8. The molecular weight excluding hydrogens is 624 g/mol. The van der Waals surface area contributed by atoms with Crippen molar-refractivity contribution in [3.8, 4) is 11.5 Å². The number of aliphatic hydroxyl groups is 1. The predicted molar refractivity (Wildman–Crippen MR) is 180 cm³/mol. The Morgan fingerprint density at radius 3 is 1.69 bits per heavy atom. The van der Waals surface area contributed by atoms with E-state index in [2.05, 4.69) is 0 Å². The Labute approximate surface area is 284 Å². The molecular formula is C40H36O9. The van der Waals surface area contributed by atoms with Gasteiger partial charge < -0.3 is 33.5 Å². The van der Waals surface area contributed by atoms with Crippen molar-refractivity contribution >= 4 is 11.9 Å². The molecule has 5 atom stereocenters. The van der Waals surface area contributed by atoms with E-state index in [1.165, 1.54) is 0 Å². The zero-order valence-electron chi connectivity index (χ0n) is 26.6. The summed E-state index contributed by atoms with van der Waals surface area (Å²) in [7, 11) is 0. The molecule has 1 aliphatic rings. The van der Waals surface area contributed by atoms with E-state index in [4.69, 9.17) is 28.4 Å². The molecule has 0 saturated carbocycles. The average molecular weight is 661 g/mol. The lowest BCUT2D eigenvalue weighted by atomic mass is 9.98. The summed E-state index contributed by atoms with van der Waals surface area (Å²) in [6.45, 7) is 0.539. The van der Waals surface area contributed by atoms with Crippen molar-refractivity contribution in [2.45, 2.75) is 43.9 Å². The third-order valence-corrected chi connectivity index (χ3v) is 7.84. The lowest BCUT2D eigenvalue weighted by Crippen LogP contribution is -2.62. The zero-order valence-corrected chi connectivity index (χ0v) is 26.6. The van der Waals surface area contributed by atoms with E-state index >= 15 is 0 Å². The monoisotopic (exact) mass is 660 g/mol. The molecule has 0 amide bonds. The molecule has 0 unspecified atom stereocenters. The Kier molecular flexibility index (Phi) is 11.4. The molecule has 0 aromatic heterocycles. The second-order valence-corrected chi connectivity index (χ2v) is 11.4. The highest BCUT2D eigenvalue weighted by Gasteiger charge is 2.49. The van der Waals surface area contributed by atoms with E-state index in [0.717, 1.165) is 11.1 Å². The average Bonchev–Trinajstić information content (AvgIpc) is 3.15. The largest absolute Gasteiger partial charge is 0.461 e. The summed E-state index contributed by atoms with van der Waals surface area (Å²) in [5, 5.41) is 11.8. The van der Waals surface area contributed by atoms with Gasteiger partial charge in [-0.2, -0.15) is 0 Å². The fourth-order valence-electron chi connectivity index (χ4n) is 5.32. The maximum Gasteiger partial charge on any atom is 0.343 e. The van der Waals surface area contributed by atoms with Crippen molar-refractivity contribution in [3.63, 3.8) is 0 Å². The number of hydrogen-bond acceptors (Lipinski definition) is 9. The quantitative estimate of drug-likeness (QED) is 0.113. The van der Waals surface area contributed by atoms with Crippen LogP contribution in [0.4, 0.5) is 0 Å². The van der Waals surface area contributed by atoms with E-state index < -0.39 is 42.6 Å². The number of hydrogen-bond donors (Lipinski definition) is 1. The molecule has 9 nitrogen and oxygen atoms in total. The number of benzene rings is 5. The molecule has 6 rings (SSSR count). The van der Waals surface area contributed by atoms with Crippen molar-refractivity contribution in [1.82, 2.24) is 0 Å². The smallest absolute Gasteiger partial charge is 0.343 e. The van der Waals surface area contributed by atoms with E-state index in [0.29, 0.717) is 29.2 Å². The van der Waals surface area contributed by atoms with E-state index in [1.54, 1.807) is 78.9 Å². The number of rotatable bonds is 13. The Balaban J connectivity index is 1.22. The molecule has 49 heavy (non-hydrogen) atoms. The minimum atomic E-state index is -1.36. The second kappa shape index (κ2) is 16.7. The van der Waals surface area contributed by atoms with Crippen LogP contribution in [-0.4, -0.2) is 54.4 Å². The first-order chi connectivity index (χ1) is 24.0. The van der Waals surface area contributed by atoms with Gasteiger partial charge in [-0.25, -0.2) is 9.59 Å². The van der Waals surface area contributed by atoms with Crippen molar-refractivity contribution in [1.29, 1.82) is 0 Å². The number of carbonyl (C=O) groups is 2. The van der Waals surface area contributed by atoms with Gasteiger partial charge in [0, 0.05) is 0 Å². The van der Waals surface area contributed by atoms with Crippen LogP contribution in [0, 0.1) is 0 Å². The maximum atomic E-state index is 13.3. The molecule has 0 spiro atoms. The molecule has 5 aromatic rings. The summed E-state index contributed by atoms with van der Waals surface area (Å²) in [5.41, 5.74) is 2.58. The molecule has 1 N–H and O–H groups in total. The summed E-state index contributed by atoms with van der Waals surface area (Å²) in [5.74, 6) is -0.532. The SMILES string of the molecule is O=C(Oc1ccc(O[C@@H]2O[C@H](COCc3ccccc3)[C@H](OCc3ccccc3)[C@H](O)[C@H]2OC(=O)c2ccccc2)cc1)c1ccccc1. The van der Waals surface area contributed by atoms with Gasteiger partial charge in [0.05, 0.1) is 30.9 Å². The Morgan fingerprint density at radius 2 is 1.10 bits per heavy atom. The standard InChI is InChI=1S/C40H36O9/c41-35-36(45-26-29-15-7-2-8-16-29)34(27-44-25-28-13-5-1-6-14-28)48-40(37(35)49-39(43)31-19-11-4-12-20-31)47-33-23-21-32(22-24-33)46-38(42)30-17-9-3-10-18-30/h1-24,34-37,40-41H,25-27H2/t34-,35+,36+,37-,40-/m1/s1. The first-order valence-electron chi connectivity index (χ1n) is 15.9. The van der Waals surface area contributed by atoms with Crippen LogP contribution in [0.3, 0.4) is 0 Å². The lowest BCUT2D eigenvalue weighted by Gasteiger charge is -2.43. The highest BCUT2D eigenvalue weighted by Crippen LogP contribution is 2.31. The summed E-state index contributed by atoms with van der Waals surface area (Å²) in [4.78, 5) is 25.8. The molecule has 1 heterocycles. The summed E-state index contributed by atoms with van der Waals surface area (Å²) < 4.78 is 36.3. The van der Waals surface area contributed by atoms with Gasteiger partial charge in [-0.05, 0) is 59.7 Å². The molecule has 0 radical (unpaired) electrons. The van der Waals surface area contributed by atoms with Gasteiger partial charge in [-0.1, -0.05) is 97.1 Å². The van der Waals surface area contributed by atoms with Crippen LogP contribution in [0.25, 0.3) is 0 Å². The normalized spacial score (nSPS) is 20.2. The molecule has 0 bridgehead atoms. The fourth-order valence-corrected chi connectivity index (χ4v) is 5.32. The van der Waals surface area contributed by atoms with Gasteiger partial charge in [-0.3, -0.25) is 0 Å². The number of aliphatic hydroxyl groups excluding tert-OH is 1. The van der Waals surface area contributed by atoms with E-state index in [1.807, 2.05) is 66.7 Å². The summed E-state index contributed by atoms with van der Waals surface area (Å²) >= 11 is 0. The summed E-state index contributed by atoms with van der Waals surface area (Å²) in [6, 6.07) is 42.7. The van der Waals surface area contributed by atoms with E-state index in [9.17, 15) is 14.7 Å². The van der Waals surface area contributed by atoms with Gasteiger partial charge >= 0.3 is 11.9 Å². The molecule has 1 fully saturated rings. The molecule has 9 heteroatoms. The van der Waals surface area contributed by atoms with Crippen LogP contribution in [0.1, 0.15) is 31.8 Å². The molecule has 1 aliphatic heterocycles. The fraction of sp³-hybridized carbons (Fsp3) is 0.200. The van der Waals surface area contributed by atoms with E-state index in [-0.39, 0.29) is 13.2 Å². The minimum absolute atomic E-state index is 0.0546. The first-order valence-corrected chi connectivity index (χ1v) is 15.9. The van der Waals surface area contributed by atoms with Gasteiger partial charge in [0.25, 0.3) is 0 Å². The highest BCUT2D eigenvalue weighted by atomic mass is 16.7. The van der Waals surface area contributed by atoms with Gasteiger partial charge in [0.15, 0.2) is 6.10 Å². The third-order valence-electron chi connectivity index (χ3n) is 7.84. The minimum Gasteiger partial charge on any atom is -0.461 e. The van der Waals surface area contributed by atoms with Gasteiger partial charge in [0.2, 0.25) is 6.29 Å². The molecule has 0 aliphatic carbocycles. The third kappa shape index (κ3) is 9.19. The maximum absolute atomic E-state index is 13.3. The van der Waals surface area contributed by atoms with Crippen molar-refractivity contribution < 1.29 is 43.1 Å². The topological polar surface area (TPSA) is 110 Å². The lowest BCUT2D eigenvalue weighted by molar-refractivity contribution is -0.289. The highest BCUT2D eigenvalue weighted by molar-refractivity contribution is 5.91. The Bertz CT molecular complexity index is 1750. The first kappa shape index (κ1) is 33.6. The van der Waals surface area contributed by atoms with Crippen LogP contribution in [0.15, 0.2) is 146 Å². The van der Waals surface area contributed by atoms with Crippen molar-refractivity contribution in [3.05, 3.63) is 168 Å². The van der Waals surface area contributed by atoms with Crippen LogP contribution in [0.5, 0.6) is 11.5 Å². The number of esters is 2. The summed E-state index contributed by atoms with van der Waals surface area (Å²) in [6.07, 6.45) is -5.63. The van der Waals surface area contributed by atoms with Crippen molar-refractivity contribution in [2.24, 2.45) is 0 Å². The number of carbonyl (C=O) groups excluding carboxylic acids is 2. The second-order valence-electron chi connectivity index (χ2n) is 11.4. The number of ether oxygens (including phenoxy) is 6. The molecule has 5 aromatic carbocycles. The van der Waals surface area contributed by atoms with Crippen LogP contribution < -0.4 is 9.47 Å². The van der Waals surface area contributed by atoms with Gasteiger partial charge in [-0.15, -0.1) is 0 Å². The van der Waals surface area contributed by atoms with Gasteiger partial charge in [0.1, 0.15) is 29.8 Å². The van der Waals surface area contributed by atoms with Crippen LogP contribution >= 0.6 is 0 Å².